The first-order chi connectivity index (χ1) is 13.0. The summed E-state index contributed by atoms with van der Waals surface area (Å²) in [5.41, 5.74) is 1.59. The van der Waals surface area contributed by atoms with Crippen molar-refractivity contribution in [2.24, 2.45) is 5.92 Å². The van der Waals surface area contributed by atoms with Crippen molar-refractivity contribution in [2.75, 3.05) is 26.7 Å². The molecule has 4 nitrogen and oxygen atoms in total. The first-order valence-corrected chi connectivity index (χ1v) is 9.51. The minimum absolute atomic E-state index is 0.141. The highest BCUT2D eigenvalue weighted by Crippen LogP contribution is 2.21. The van der Waals surface area contributed by atoms with Crippen LogP contribution in [0.25, 0.3) is 0 Å². The zero-order chi connectivity index (χ0) is 19.2. The summed E-state index contributed by atoms with van der Waals surface area (Å²) in [6, 6.07) is 12.0. The number of likely N-dealkylation sites (tertiary alicyclic amines) is 1. The summed E-state index contributed by atoms with van der Waals surface area (Å²) in [5.74, 6) is 0.621. The molecule has 2 aromatic rings. The topological polar surface area (TPSA) is 41.6 Å². The lowest BCUT2D eigenvalue weighted by molar-refractivity contribution is 0.0935. The first-order valence-electron chi connectivity index (χ1n) is 9.13. The van der Waals surface area contributed by atoms with E-state index in [1.54, 1.807) is 7.11 Å². The highest BCUT2D eigenvalue weighted by molar-refractivity contribution is 6.33. The molecule has 1 aliphatic rings. The molecule has 1 fully saturated rings. The lowest BCUT2D eigenvalue weighted by Gasteiger charge is -2.32. The number of piperidine rings is 1. The Hall–Kier alpha value is -2.11. The summed E-state index contributed by atoms with van der Waals surface area (Å²) in [5, 5.41) is 3.07. The van der Waals surface area contributed by atoms with Crippen molar-refractivity contribution in [1.29, 1.82) is 0 Å². The second-order valence-electron chi connectivity index (χ2n) is 6.90. The second-order valence-corrected chi connectivity index (χ2v) is 7.31. The molecule has 1 saturated heterocycles. The van der Waals surface area contributed by atoms with Crippen molar-refractivity contribution >= 4 is 17.5 Å². The fraction of sp³-hybridized carbons (Fsp3) is 0.381. The van der Waals surface area contributed by atoms with Crippen LogP contribution in [0.5, 0.6) is 5.75 Å². The standard InChI is InChI=1S/C21H24ClFN2O2/c1-27-18-5-2-16(3-6-18)14-25-10-8-15(9-11-25)13-24-21(26)19-7-4-17(23)12-20(19)22/h2-7,12,15H,8-11,13-14H2,1H3,(H,24,26). The molecule has 1 aliphatic heterocycles. The normalized spacial score (nSPS) is 15.5. The lowest BCUT2D eigenvalue weighted by Crippen LogP contribution is -2.38. The molecule has 1 N–H and O–H groups in total. The maximum atomic E-state index is 13.1. The number of carbonyl (C=O) groups excluding carboxylic acids is 1. The predicted molar refractivity (Wildman–Crippen MR) is 105 cm³/mol. The number of halogens is 2. The fourth-order valence-corrected chi connectivity index (χ4v) is 3.60. The Labute approximate surface area is 164 Å². The van der Waals surface area contributed by atoms with Crippen LogP contribution in [0.3, 0.4) is 0 Å². The Kier molecular flexibility index (Phi) is 6.69. The van der Waals surface area contributed by atoms with Gasteiger partial charge in [-0.15, -0.1) is 0 Å². The third-order valence-corrected chi connectivity index (χ3v) is 5.31. The van der Waals surface area contributed by atoms with Gasteiger partial charge < -0.3 is 10.1 Å². The van der Waals surface area contributed by atoms with E-state index in [9.17, 15) is 9.18 Å². The Bertz CT molecular complexity index is 774. The molecule has 144 valence electrons. The summed E-state index contributed by atoms with van der Waals surface area (Å²) in [4.78, 5) is 14.7. The summed E-state index contributed by atoms with van der Waals surface area (Å²) < 4.78 is 18.3. The lowest BCUT2D eigenvalue weighted by atomic mass is 9.96. The van der Waals surface area contributed by atoms with Crippen LogP contribution in [-0.2, 0) is 6.54 Å². The molecule has 0 bridgehead atoms. The van der Waals surface area contributed by atoms with Crippen molar-refractivity contribution in [3.63, 3.8) is 0 Å². The Balaban J connectivity index is 1.43. The summed E-state index contributed by atoms with van der Waals surface area (Å²) >= 11 is 5.95. The fourth-order valence-electron chi connectivity index (χ4n) is 3.34. The minimum atomic E-state index is -0.444. The molecule has 0 saturated carbocycles. The Morgan fingerprint density at radius 3 is 2.56 bits per heavy atom. The van der Waals surface area contributed by atoms with Crippen LogP contribution in [0.2, 0.25) is 5.02 Å². The molecular weight excluding hydrogens is 367 g/mol. The van der Waals surface area contributed by atoms with Crippen LogP contribution in [0.15, 0.2) is 42.5 Å². The number of hydrogen-bond acceptors (Lipinski definition) is 3. The van der Waals surface area contributed by atoms with Crippen LogP contribution in [0.1, 0.15) is 28.8 Å². The molecule has 0 unspecified atom stereocenters. The molecule has 27 heavy (non-hydrogen) atoms. The van der Waals surface area contributed by atoms with Crippen LogP contribution >= 0.6 is 11.6 Å². The minimum Gasteiger partial charge on any atom is -0.497 e. The Morgan fingerprint density at radius 2 is 1.93 bits per heavy atom. The maximum absolute atomic E-state index is 13.1. The van der Waals surface area contributed by atoms with Gasteiger partial charge in [-0.3, -0.25) is 9.69 Å². The van der Waals surface area contributed by atoms with Gasteiger partial charge in [-0.05, 0) is 67.7 Å². The molecule has 3 rings (SSSR count). The molecule has 0 radical (unpaired) electrons. The molecule has 2 aromatic carbocycles. The van der Waals surface area contributed by atoms with Gasteiger partial charge >= 0.3 is 0 Å². The summed E-state index contributed by atoms with van der Waals surface area (Å²) in [6.45, 7) is 3.55. The van der Waals surface area contributed by atoms with Crippen molar-refractivity contribution in [3.8, 4) is 5.75 Å². The average Bonchev–Trinajstić information content (AvgIpc) is 2.68. The molecule has 0 spiro atoms. The van der Waals surface area contributed by atoms with Gasteiger partial charge in [-0.1, -0.05) is 23.7 Å². The van der Waals surface area contributed by atoms with E-state index in [-0.39, 0.29) is 10.9 Å². The number of benzene rings is 2. The maximum Gasteiger partial charge on any atom is 0.252 e. The van der Waals surface area contributed by atoms with Crippen LogP contribution in [-0.4, -0.2) is 37.6 Å². The summed E-state index contributed by atoms with van der Waals surface area (Å²) in [6.07, 6.45) is 2.07. The number of nitrogens with one attached hydrogen (secondary N) is 1. The number of carbonyl (C=O) groups is 1. The van der Waals surface area contributed by atoms with Crippen molar-refractivity contribution in [3.05, 3.63) is 64.4 Å². The summed E-state index contributed by atoms with van der Waals surface area (Å²) in [7, 11) is 1.67. The van der Waals surface area contributed by atoms with Crippen molar-refractivity contribution in [2.45, 2.75) is 19.4 Å². The quantitative estimate of drug-likeness (QED) is 0.806. The zero-order valence-corrected chi connectivity index (χ0v) is 16.1. The van der Waals surface area contributed by atoms with E-state index in [4.69, 9.17) is 16.3 Å². The molecule has 0 atom stereocenters. The van der Waals surface area contributed by atoms with Crippen LogP contribution in [0.4, 0.5) is 4.39 Å². The van der Waals surface area contributed by atoms with Gasteiger partial charge in [0.2, 0.25) is 0 Å². The largest absolute Gasteiger partial charge is 0.497 e. The van der Waals surface area contributed by atoms with E-state index >= 15 is 0 Å². The number of methoxy groups -OCH3 is 1. The molecule has 1 heterocycles. The monoisotopic (exact) mass is 390 g/mol. The Morgan fingerprint density at radius 1 is 1.22 bits per heavy atom. The zero-order valence-electron chi connectivity index (χ0n) is 15.4. The third-order valence-electron chi connectivity index (χ3n) is 5.00. The predicted octanol–water partition coefficient (Wildman–Crippen LogP) is 4.13. The second kappa shape index (κ2) is 9.20. The number of hydrogen-bond donors (Lipinski definition) is 1. The van der Waals surface area contributed by atoms with Gasteiger partial charge in [0.05, 0.1) is 17.7 Å². The first kappa shape index (κ1) is 19.6. The van der Waals surface area contributed by atoms with Gasteiger partial charge in [0.25, 0.3) is 5.91 Å². The van der Waals surface area contributed by atoms with E-state index in [0.29, 0.717) is 18.0 Å². The van der Waals surface area contributed by atoms with Gasteiger partial charge in [0, 0.05) is 13.1 Å². The van der Waals surface area contributed by atoms with Gasteiger partial charge in [0.1, 0.15) is 11.6 Å². The third kappa shape index (κ3) is 5.44. The number of nitrogens with zero attached hydrogens (tertiary/aromatic N) is 1. The van der Waals surface area contributed by atoms with Crippen molar-refractivity contribution in [1.82, 2.24) is 10.2 Å². The molecular formula is C21H24ClFN2O2. The number of amides is 1. The van der Waals surface area contributed by atoms with E-state index in [1.807, 2.05) is 12.1 Å². The van der Waals surface area contributed by atoms with Crippen LogP contribution < -0.4 is 10.1 Å². The number of rotatable bonds is 6. The molecule has 0 aromatic heterocycles. The van der Waals surface area contributed by atoms with E-state index in [1.165, 1.54) is 17.7 Å². The van der Waals surface area contributed by atoms with E-state index in [2.05, 4.69) is 22.3 Å². The average molecular weight is 391 g/mol. The van der Waals surface area contributed by atoms with Gasteiger partial charge in [-0.2, -0.15) is 0 Å². The van der Waals surface area contributed by atoms with Gasteiger partial charge in [-0.25, -0.2) is 4.39 Å². The van der Waals surface area contributed by atoms with Crippen LogP contribution in [0, 0.1) is 11.7 Å². The van der Waals surface area contributed by atoms with Crippen molar-refractivity contribution < 1.29 is 13.9 Å². The van der Waals surface area contributed by atoms with E-state index < -0.39 is 5.82 Å². The molecule has 0 aliphatic carbocycles. The highest BCUT2D eigenvalue weighted by Gasteiger charge is 2.20. The highest BCUT2D eigenvalue weighted by atomic mass is 35.5. The van der Waals surface area contributed by atoms with Gasteiger partial charge in [0.15, 0.2) is 0 Å². The SMILES string of the molecule is COc1ccc(CN2CCC(CNC(=O)c3ccc(F)cc3Cl)CC2)cc1. The smallest absolute Gasteiger partial charge is 0.252 e. The van der Waals surface area contributed by atoms with E-state index in [0.717, 1.165) is 44.3 Å². The molecule has 1 amide bonds. The number of ether oxygens (including phenoxy) is 1. The molecule has 6 heteroatoms.